The van der Waals surface area contributed by atoms with Crippen LogP contribution in [-0.2, 0) is 5.75 Å². The number of methoxy groups -OCH3 is 1. The third-order valence-corrected chi connectivity index (χ3v) is 4.16. The minimum atomic E-state index is 0.804. The number of halogens is 1. The first kappa shape index (κ1) is 13.3. The van der Waals surface area contributed by atoms with E-state index in [-0.39, 0.29) is 0 Å². The van der Waals surface area contributed by atoms with Gasteiger partial charge in [-0.25, -0.2) is 0 Å². The van der Waals surface area contributed by atoms with Crippen LogP contribution in [0.15, 0.2) is 51.8 Å². The van der Waals surface area contributed by atoms with Gasteiger partial charge in [-0.2, -0.15) is 0 Å². The summed E-state index contributed by atoms with van der Waals surface area (Å²) in [6.45, 7) is 0. The normalized spacial score (nSPS) is 10.3. The van der Waals surface area contributed by atoms with E-state index in [1.54, 1.807) is 18.9 Å². The van der Waals surface area contributed by atoms with Gasteiger partial charge in [0.05, 0.1) is 7.11 Å². The Morgan fingerprint density at radius 2 is 2.00 bits per heavy atom. The Kier molecular flexibility index (Phi) is 4.55. The molecule has 0 aliphatic carbocycles. The molecule has 0 amide bonds. The highest BCUT2D eigenvalue weighted by Crippen LogP contribution is 2.32. The van der Waals surface area contributed by atoms with Gasteiger partial charge in [-0.3, -0.25) is 0 Å². The van der Waals surface area contributed by atoms with Crippen molar-refractivity contribution in [3.05, 3.63) is 52.5 Å². The molecule has 18 heavy (non-hydrogen) atoms. The standard InChI is InChI=1S/C14H14BrNOS/c1-17-13-5-3-2-4-10(13)9-18-14-8-11(15)6-7-12(14)16/h2-8H,9,16H2,1H3. The van der Waals surface area contributed by atoms with Crippen LogP contribution in [0.5, 0.6) is 5.75 Å². The lowest BCUT2D eigenvalue weighted by Gasteiger charge is -2.09. The third-order valence-electron chi connectivity index (χ3n) is 2.55. The molecule has 0 bridgehead atoms. The maximum Gasteiger partial charge on any atom is 0.122 e. The second-order valence-electron chi connectivity index (χ2n) is 3.78. The number of rotatable bonds is 4. The van der Waals surface area contributed by atoms with Crippen molar-refractivity contribution in [1.29, 1.82) is 0 Å². The maximum atomic E-state index is 5.95. The van der Waals surface area contributed by atoms with Gasteiger partial charge in [0.2, 0.25) is 0 Å². The van der Waals surface area contributed by atoms with Gasteiger partial charge in [-0.15, -0.1) is 11.8 Å². The number of nitrogen functional groups attached to an aromatic ring is 1. The van der Waals surface area contributed by atoms with Gasteiger partial charge < -0.3 is 10.5 Å². The molecule has 0 fully saturated rings. The molecular formula is C14H14BrNOS. The van der Waals surface area contributed by atoms with E-state index >= 15 is 0 Å². The number of anilines is 1. The minimum absolute atomic E-state index is 0.804. The lowest BCUT2D eigenvalue weighted by molar-refractivity contribution is 0.411. The Morgan fingerprint density at radius 3 is 2.78 bits per heavy atom. The fourth-order valence-corrected chi connectivity index (χ4v) is 3.12. The molecular weight excluding hydrogens is 310 g/mol. The summed E-state index contributed by atoms with van der Waals surface area (Å²) in [6, 6.07) is 13.9. The van der Waals surface area contributed by atoms with Crippen LogP contribution in [0.1, 0.15) is 5.56 Å². The Balaban J connectivity index is 2.14. The highest BCUT2D eigenvalue weighted by Gasteiger charge is 2.05. The second-order valence-corrected chi connectivity index (χ2v) is 5.72. The first-order valence-electron chi connectivity index (χ1n) is 5.50. The van der Waals surface area contributed by atoms with E-state index < -0.39 is 0 Å². The summed E-state index contributed by atoms with van der Waals surface area (Å²) >= 11 is 5.17. The van der Waals surface area contributed by atoms with E-state index in [1.165, 1.54) is 5.56 Å². The van der Waals surface area contributed by atoms with E-state index in [0.29, 0.717) is 0 Å². The van der Waals surface area contributed by atoms with Crippen molar-refractivity contribution in [2.24, 2.45) is 0 Å². The molecule has 0 aliphatic rings. The van der Waals surface area contributed by atoms with Crippen molar-refractivity contribution >= 4 is 33.4 Å². The van der Waals surface area contributed by atoms with Crippen LogP contribution in [-0.4, -0.2) is 7.11 Å². The quantitative estimate of drug-likeness (QED) is 0.671. The number of benzene rings is 2. The minimum Gasteiger partial charge on any atom is -0.496 e. The SMILES string of the molecule is COc1ccccc1CSc1cc(Br)ccc1N. The lowest BCUT2D eigenvalue weighted by atomic mass is 10.2. The summed E-state index contributed by atoms with van der Waals surface area (Å²) in [5.74, 6) is 1.75. The molecule has 0 saturated carbocycles. The van der Waals surface area contributed by atoms with Crippen LogP contribution in [0.2, 0.25) is 0 Å². The van der Waals surface area contributed by atoms with Gasteiger partial charge in [0, 0.05) is 26.4 Å². The molecule has 4 heteroatoms. The fourth-order valence-electron chi connectivity index (χ4n) is 1.61. The molecule has 2 nitrogen and oxygen atoms in total. The number of hydrogen-bond donors (Lipinski definition) is 1. The van der Waals surface area contributed by atoms with E-state index in [2.05, 4.69) is 22.0 Å². The smallest absolute Gasteiger partial charge is 0.122 e. The zero-order chi connectivity index (χ0) is 13.0. The molecule has 0 spiro atoms. The topological polar surface area (TPSA) is 35.2 Å². The van der Waals surface area contributed by atoms with Crippen molar-refractivity contribution in [3.8, 4) is 5.75 Å². The molecule has 0 atom stereocenters. The summed E-state index contributed by atoms with van der Waals surface area (Å²) in [5, 5.41) is 0. The van der Waals surface area contributed by atoms with E-state index in [0.717, 1.165) is 26.6 Å². The molecule has 0 aromatic heterocycles. The van der Waals surface area contributed by atoms with Crippen molar-refractivity contribution in [1.82, 2.24) is 0 Å². The number of thioether (sulfide) groups is 1. The molecule has 0 unspecified atom stereocenters. The van der Waals surface area contributed by atoms with Gasteiger partial charge >= 0.3 is 0 Å². The lowest BCUT2D eigenvalue weighted by Crippen LogP contribution is -1.91. The highest BCUT2D eigenvalue weighted by atomic mass is 79.9. The van der Waals surface area contributed by atoms with E-state index in [1.807, 2.05) is 36.4 Å². The Hall–Kier alpha value is -1.13. The van der Waals surface area contributed by atoms with Crippen molar-refractivity contribution < 1.29 is 4.74 Å². The van der Waals surface area contributed by atoms with Crippen LogP contribution < -0.4 is 10.5 Å². The van der Waals surface area contributed by atoms with Crippen LogP contribution in [0.4, 0.5) is 5.69 Å². The number of para-hydroxylation sites is 1. The number of nitrogens with two attached hydrogens (primary N) is 1. The van der Waals surface area contributed by atoms with Crippen LogP contribution in [0, 0.1) is 0 Å². The molecule has 0 heterocycles. The summed E-state index contributed by atoms with van der Waals surface area (Å²) in [6.07, 6.45) is 0. The van der Waals surface area contributed by atoms with Crippen LogP contribution in [0.25, 0.3) is 0 Å². The summed E-state index contributed by atoms with van der Waals surface area (Å²) in [5.41, 5.74) is 7.93. The predicted molar refractivity (Wildman–Crippen MR) is 81.1 cm³/mol. The average molecular weight is 324 g/mol. The van der Waals surface area contributed by atoms with Crippen molar-refractivity contribution in [2.45, 2.75) is 10.6 Å². The van der Waals surface area contributed by atoms with Gasteiger partial charge in [-0.05, 0) is 24.3 Å². The zero-order valence-corrected chi connectivity index (χ0v) is 12.4. The van der Waals surface area contributed by atoms with Gasteiger partial charge in [-0.1, -0.05) is 34.1 Å². The Morgan fingerprint density at radius 1 is 1.22 bits per heavy atom. The largest absolute Gasteiger partial charge is 0.496 e. The molecule has 0 saturated heterocycles. The Labute approximate surface area is 120 Å². The predicted octanol–water partition coefficient (Wildman–Crippen LogP) is 4.33. The summed E-state index contributed by atoms with van der Waals surface area (Å²) in [7, 11) is 1.69. The molecule has 2 aromatic carbocycles. The van der Waals surface area contributed by atoms with E-state index in [9.17, 15) is 0 Å². The van der Waals surface area contributed by atoms with Crippen LogP contribution in [0.3, 0.4) is 0 Å². The fraction of sp³-hybridized carbons (Fsp3) is 0.143. The summed E-state index contributed by atoms with van der Waals surface area (Å²) < 4.78 is 6.37. The molecule has 2 N–H and O–H groups in total. The van der Waals surface area contributed by atoms with Crippen molar-refractivity contribution in [2.75, 3.05) is 12.8 Å². The van der Waals surface area contributed by atoms with Crippen LogP contribution >= 0.6 is 27.7 Å². The first-order valence-corrected chi connectivity index (χ1v) is 7.28. The summed E-state index contributed by atoms with van der Waals surface area (Å²) in [4.78, 5) is 1.08. The first-order chi connectivity index (χ1) is 8.70. The number of ether oxygens (including phenoxy) is 1. The van der Waals surface area contributed by atoms with Gasteiger partial charge in [0.1, 0.15) is 5.75 Å². The average Bonchev–Trinajstić information content (AvgIpc) is 2.40. The zero-order valence-electron chi connectivity index (χ0n) is 10.0. The molecule has 2 aromatic rings. The second kappa shape index (κ2) is 6.16. The number of hydrogen-bond acceptors (Lipinski definition) is 3. The highest BCUT2D eigenvalue weighted by molar-refractivity contribution is 9.10. The molecule has 0 radical (unpaired) electrons. The molecule has 94 valence electrons. The maximum absolute atomic E-state index is 5.95. The van der Waals surface area contributed by atoms with E-state index in [4.69, 9.17) is 10.5 Å². The monoisotopic (exact) mass is 323 g/mol. The Bertz CT molecular complexity index is 545. The molecule has 2 rings (SSSR count). The van der Waals surface area contributed by atoms with Gasteiger partial charge in [0.25, 0.3) is 0 Å². The van der Waals surface area contributed by atoms with Crippen molar-refractivity contribution in [3.63, 3.8) is 0 Å². The van der Waals surface area contributed by atoms with Gasteiger partial charge in [0.15, 0.2) is 0 Å². The molecule has 0 aliphatic heterocycles. The third kappa shape index (κ3) is 3.21.